The van der Waals surface area contributed by atoms with Crippen LogP contribution in [0.4, 0.5) is 12.0 Å². The van der Waals surface area contributed by atoms with Crippen LogP contribution in [0.2, 0.25) is 0 Å². The zero-order chi connectivity index (χ0) is 11.5. The highest BCUT2D eigenvalue weighted by molar-refractivity contribution is 9.10. The van der Waals surface area contributed by atoms with Crippen LogP contribution < -0.4 is 10.6 Å². The van der Waals surface area contributed by atoms with E-state index in [4.69, 9.17) is 10.2 Å². The first-order chi connectivity index (χ1) is 7.66. The Labute approximate surface area is 101 Å². The average Bonchev–Trinajstić information content (AvgIpc) is 2.68. The number of nitrogen functional groups attached to an aromatic ring is 1. The number of anilines is 2. The van der Waals surface area contributed by atoms with Crippen molar-refractivity contribution in [3.05, 3.63) is 34.3 Å². The Hall–Kier alpha value is -1.56. The van der Waals surface area contributed by atoms with E-state index in [-0.39, 0.29) is 6.01 Å². The van der Waals surface area contributed by atoms with Crippen molar-refractivity contribution in [1.82, 2.24) is 10.2 Å². The summed E-state index contributed by atoms with van der Waals surface area (Å²) in [5.41, 5.74) is 6.50. The summed E-state index contributed by atoms with van der Waals surface area (Å²) < 4.78 is 6.17. The summed E-state index contributed by atoms with van der Waals surface area (Å²) in [6.45, 7) is 0.670. The Bertz CT molecular complexity index is 485. The predicted molar refractivity (Wildman–Crippen MR) is 65.0 cm³/mol. The number of rotatable bonds is 3. The molecule has 5 nitrogen and oxygen atoms in total. The van der Waals surface area contributed by atoms with Gasteiger partial charge in [0.2, 0.25) is 0 Å². The van der Waals surface area contributed by atoms with Crippen LogP contribution in [0.25, 0.3) is 0 Å². The quantitative estimate of drug-likeness (QED) is 0.933. The summed E-state index contributed by atoms with van der Waals surface area (Å²) >= 11 is 3.48. The molecule has 1 heterocycles. The van der Waals surface area contributed by atoms with Crippen LogP contribution in [-0.2, 0) is 6.54 Å². The van der Waals surface area contributed by atoms with Gasteiger partial charge in [-0.05, 0) is 11.6 Å². The van der Waals surface area contributed by atoms with Crippen molar-refractivity contribution in [3.63, 3.8) is 0 Å². The van der Waals surface area contributed by atoms with E-state index in [1.54, 1.807) is 0 Å². The van der Waals surface area contributed by atoms with Crippen molar-refractivity contribution in [2.45, 2.75) is 6.54 Å². The summed E-state index contributed by atoms with van der Waals surface area (Å²) in [4.78, 5) is 1.84. The maximum atomic E-state index is 5.36. The zero-order valence-corrected chi connectivity index (χ0v) is 10.3. The molecule has 0 aliphatic carbocycles. The van der Waals surface area contributed by atoms with E-state index in [9.17, 15) is 0 Å². The van der Waals surface area contributed by atoms with Crippen molar-refractivity contribution >= 4 is 28.0 Å². The van der Waals surface area contributed by atoms with Gasteiger partial charge in [-0.15, -0.1) is 0 Å². The highest BCUT2D eigenvalue weighted by atomic mass is 79.9. The first-order valence-electron chi connectivity index (χ1n) is 4.70. The normalized spacial score (nSPS) is 10.4. The molecule has 16 heavy (non-hydrogen) atoms. The van der Waals surface area contributed by atoms with Crippen molar-refractivity contribution in [2.24, 2.45) is 0 Å². The van der Waals surface area contributed by atoms with E-state index in [1.807, 2.05) is 36.2 Å². The number of nitrogens with zero attached hydrogens (tertiary/aromatic N) is 3. The largest absolute Gasteiger partial charge is 0.390 e. The second kappa shape index (κ2) is 4.52. The Morgan fingerprint density at radius 3 is 2.75 bits per heavy atom. The number of hydrogen-bond acceptors (Lipinski definition) is 5. The SMILES string of the molecule is CN(Cc1ccccc1Br)c1nnc(N)o1. The minimum absolute atomic E-state index is 0.0778. The van der Waals surface area contributed by atoms with Crippen LogP contribution in [0.15, 0.2) is 33.2 Å². The Morgan fingerprint density at radius 2 is 2.12 bits per heavy atom. The maximum absolute atomic E-state index is 5.36. The second-order valence-electron chi connectivity index (χ2n) is 3.37. The number of aromatic nitrogens is 2. The number of hydrogen-bond donors (Lipinski definition) is 1. The maximum Gasteiger partial charge on any atom is 0.319 e. The van der Waals surface area contributed by atoms with E-state index < -0.39 is 0 Å². The van der Waals surface area contributed by atoms with E-state index >= 15 is 0 Å². The van der Waals surface area contributed by atoms with Gasteiger partial charge in [-0.2, -0.15) is 0 Å². The van der Waals surface area contributed by atoms with Crippen LogP contribution in [-0.4, -0.2) is 17.2 Å². The minimum Gasteiger partial charge on any atom is -0.390 e. The lowest BCUT2D eigenvalue weighted by molar-refractivity contribution is 0.559. The molecule has 0 unspecified atom stereocenters. The monoisotopic (exact) mass is 282 g/mol. The number of halogens is 1. The molecular weight excluding hydrogens is 272 g/mol. The van der Waals surface area contributed by atoms with Crippen LogP contribution in [0.5, 0.6) is 0 Å². The number of benzene rings is 1. The smallest absolute Gasteiger partial charge is 0.319 e. The van der Waals surface area contributed by atoms with Gasteiger partial charge in [-0.1, -0.05) is 44.3 Å². The number of nitrogens with two attached hydrogens (primary N) is 1. The molecule has 0 saturated carbocycles. The Balaban J connectivity index is 2.13. The lowest BCUT2D eigenvalue weighted by Gasteiger charge is -2.14. The molecule has 0 spiro atoms. The van der Waals surface area contributed by atoms with Crippen molar-refractivity contribution < 1.29 is 4.42 Å². The standard InChI is InChI=1S/C10H11BrN4O/c1-15(10-14-13-9(12)16-10)6-7-4-2-3-5-8(7)11/h2-5H,6H2,1H3,(H2,12,13). The summed E-state index contributed by atoms with van der Waals surface area (Å²) in [5.74, 6) is 0. The molecule has 1 aromatic carbocycles. The predicted octanol–water partition coefficient (Wildman–Crippen LogP) is 2.05. The van der Waals surface area contributed by atoms with Gasteiger partial charge in [0.15, 0.2) is 0 Å². The van der Waals surface area contributed by atoms with Crippen LogP contribution in [0.1, 0.15) is 5.56 Å². The lowest BCUT2D eigenvalue weighted by atomic mass is 10.2. The third kappa shape index (κ3) is 2.33. The average molecular weight is 283 g/mol. The minimum atomic E-state index is 0.0778. The third-order valence-corrected chi connectivity index (χ3v) is 2.90. The van der Waals surface area contributed by atoms with Crippen molar-refractivity contribution in [3.8, 4) is 0 Å². The van der Waals surface area contributed by atoms with E-state index in [2.05, 4.69) is 26.1 Å². The molecule has 0 saturated heterocycles. The van der Waals surface area contributed by atoms with Crippen molar-refractivity contribution in [2.75, 3.05) is 17.7 Å². The van der Waals surface area contributed by atoms with E-state index in [0.717, 1.165) is 10.0 Å². The Kier molecular flexibility index (Phi) is 3.09. The molecule has 2 rings (SSSR count). The van der Waals surface area contributed by atoms with E-state index in [0.29, 0.717) is 12.6 Å². The third-order valence-electron chi connectivity index (χ3n) is 2.12. The highest BCUT2D eigenvalue weighted by Gasteiger charge is 2.10. The first-order valence-corrected chi connectivity index (χ1v) is 5.49. The molecule has 0 aliphatic rings. The van der Waals surface area contributed by atoms with Crippen LogP contribution in [0.3, 0.4) is 0 Å². The van der Waals surface area contributed by atoms with Gasteiger partial charge in [-0.25, -0.2) is 0 Å². The van der Waals surface area contributed by atoms with Gasteiger partial charge < -0.3 is 15.1 Å². The molecular formula is C10H11BrN4O. The lowest BCUT2D eigenvalue weighted by Crippen LogP contribution is -2.16. The van der Waals surface area contributed by atoms with E-state index in [1.165, 1.54) is 0 Å². The fourth-order valence-corrected chi connectivity index (χ4v) is 1.74. The molecule has 2 N–H and O–H groups in total. The second-order valence-corrected chi connectivity index (χ2v) is 4.22. The molecule has 1 aromatic heterocycles. The summed E-state index contributed by atoms with van der Waals surface area (Å²) in [6, 6.07) is 8.46. The van der Waals surface area contributed by atoms with Crippen LogP contribution in [0, 0.1) is 0 Å². The molecule has 0 atom stereocenters. The van der Waals surface area contributed by atoms with Gasteiger partial charge in [0.25, 0.3) is 0 Å². The van der Waals surface area contributed by atoms with Gasteiger partial charge in [-0.3, -0.25) is 0 Å². The molecule has 84 valence electrons. The van der Waals surface area contributed by atoms with Gasteiger partial charge in [0.1, 0.15) is 0 Å². The van der Waals surface area contributed by atoms with Gasteiger partial charge >= 0.3 is 12.0 Å². The summed E-state index contributed by atoms with van der Waals surface area (Å²) in [6.07, 6.45) is 0. The molecule has 0 aliphatic heterocycles. The molecule has 6 heteroatoms. The van der Waals surface area contributed by atoms with Gasteiger partial charge in [0, 0.05) is 18.1 Å². The Morgan fingerprint density at radius 1 is 1.38 bits per heavy atom. The topological polar surface area (TPSA) is 68.2 Å². The first kappa shape index (κ1) is 10.9. The molecule has 0 bridgehead atoms. The molecule has 0 radical (unpaired) electrons. The zero-order valence-electron chi connectivity index (χ0n) is 8.72. The fourth-order valence-electron chi connectivity index (χ4n) is 1.33. The van der Waals surface area contributed by atoms with Crippen molar-refractivity contribution in [1.29, 1.82) is 0 Å². The van der Waals surface area contributed by atoms with Gasteiger partial charge in [0.05, 0.1) is 0 Å². The molecule has 0 fully saturated rings. The highest BCUT2D eigenvalue weighted by Crippen LogP contribution is 2.20. The molecule has 0 amide bonds. The summed E-state index contributed by atoms with van der Waals surface area (Å²) in [5, 5.41) is 7.42. The van der Waals surface area contributed by atoms with Crippen LogP contribution >= 0.6 is 15.9 Å². The fraction of sp³-hybridized carbons (Fsp3) is 0.200. The summed E-state index contributed by atoms with van der Waals surface area (Å²) in [7, 11) is 1.87. The molecule has 2 aromatic rings.